The second-order valence-corrected chi connectivity index (χ2v) is 3.92. The summed E-state index contributed by atoms with van der Waals surface area (Å²) in [5.41, 5.74) is 4.45. The molecule has 3 atom stereocenters. The first-order chi connectivity index (χ1) is 6.45. The van der Waals surface area contributed by atoms with Crippen molar-refractivity contribution in [1.82, 2.24) is 5.48 Å². The Labute approximate surface area is 77.9 Å². The van der Waals surface area contributed by atoms with Crippen molar-refractivity contribution in [2.75, 3.05) is 6.54 Å². The summed E-state index contributed by atoms with van der Waals surface area (Å²) in [6.07, 6.45) is 1.66. The average Bonchev–Trinajstić information content (AvgIpc) is 2.50. The molecule has 2 nitrogen and oxygen atoms in total. The highest BCUT2D eigenvalue weighted by molar-refractivity contribution is 5.24. The molecular formula is C11H13NO. The van der Waals surface area contributed by atoms with Gasteiger partial charge in [0, 0.05) is 12.5 Å². The van der Waals surface area contributed by atoms with Crippen molar-refractivity contribution in [3.63, 3.8) is 0 Å². The number of benzene rings is 1. The molecule has 0 bridgehead atoms. The van der Waals surface area contributed by atoms with Crippen molar-refractivity contribution in [3.8, 4) is 0 Å². The molecule has 68 valence electrons. The molecule has 1 heterocycles. The molecule has 1 aliphatic carbocycles. The summed E-state index contributed by atoms with van der Waals surface area (Å²) >= 11 is 0. The van der Waals surface area contributed by atoms with Gasteiger partial charge in [0.1, 0.15) is 0 Å². The Balaban J connectivity index is 1.81. The van der Waals surface area contributed by atoms with Gasteiger partial charge in [-0.05, 0) is 17.9 Å². The molecule has 1 aromatic rings. The van der Waals surface area contributed by atoms with Crippen LogP contribution in [0.15, 0.2) is 30.3 Å². The Morgan fingerprint density at radius 1 is 1.23 bits per heavy atom. The monoisotopic (exact) mass is 175 g/mol. The van der Waals surface area contributed by atoms with E-state index in [1.807, 2.05) is 0 Å². The van der Waals surface area contributed by atoms with Crippen LogP contribution in [-0.2, 0) is 4.84 Å². The minimum Gasteiger partial charge on any atom is -0.298 e. The van der Waals surface area contributed by atoms with Crippen molar-refractivity contribution in [1.29, 1.82) is 0 Å². The van der Waals surface area contributed by atoms with Crippen LogP contribution in [-0.4, -0.2) is 12.6 Å². The molecule has 2 fully saturated rings. The molecule has 3 rings (SSSR count). The zero-order valence-electron chi connectivity index (χ0n) is 7.44. The summed E-state index contributed by atoms with van der Waals surface area (Å²) in [5, 5.41) is 0. The number of hydroxylamine groups is 1. The lowest BCUT2D eigenvalue weighted by molar-refractivity contribution is -0.0261. The fourth-order valence-electron chi connectivity index (χ4n) is 2.41. The summed E-state index contributed by atoms with van der Waals surface area (Å²) in [4.78, 5) is 5.35. The van der Waals surface area contributed by atoms with Crippen LogP contribution in [0.25, 0.3) is 0 Å². The van der Waals surface area contributed by atoms with Crippen LogP contribution in [0.4, 0.5) is 0 Å². The van der Waals surface area contributed by atoms with Gasteiger partial charge in [0.15, 0.2) is 0 Å². The van der Waals surface area contributed by atoms with Crippen LogP contribution in [0.5, 0.6) is 0 Å². The number of fused-ring (bicyclic) bond motifs is 1. The molecule has 0 radical (unpaired) electrons. The smallest absolute Gasteiger partial charge is 0.0843 e. The molecule has 0 aromatic heterocycles. The summed E-state index contributed by atoms with van der Waals surface area (Å²) in [5.74, 6) is 1.43. The first-order valence-electron chi connectivity index (χ1n) is 4.88. The predicted molar refractivity (Wildman–Crippen MR) is 50.2 cm³/mol. The van der Waals surface area contributed by atoms with Gasteiger partial charge in [-0.15, -0.1) is 0 Å². The lowest BCUT2D eigenvalue weighted by Gasteiger charge is -2.38. The molecule has 0 amide bonds. The lowest BCUT2D eigenvalue weighted by atomic mass is 9.68. The minimum absolute atomic E-state index is 0.477. The third-order valence-electron chi connectivity index (χ3n) is 3.26. The van der Waals surface area contributed by atoms with E-state index < -0.39 is 0 Å². The third-order valence-corrected chi connectivity index (χ3v) is 3.26. The predicted octanol–water partition coefficient (Wildman–Crippen LogP) is 1.69. The molecule has 1 N–H and O–H groups in total. The van der Waals surface area contributed by atoms with E-state index in [-0.39, 0.29) is 0 Å². The Hall–Kier alpha value is -0.860. The van der Waals surface area contributed by atoms with Crippen molar-refractivity contribution in [3.05, 3.63) is 35.9 Å². The van der Waals surface area contributed by atoms with E-state index in [2.05, 4.69) is 35.8 Å². The zero-order chi connectivity index (χ0) is 8.67. The molecular weight excluding hydrogens is 162 g/mol. The molecule has 1 saturated carbocycles. The fourth-order valence-corrected chi connectivity index (χ4v) is 2.41. The topological polar surface area (TPSA) is 21.3 Å². The van der Waals surface area contributed by atoms with E-state index in [4.69, 9.17) is 4.84 Å². The zero-order valence-corrected chi connectivity index (χ0v) is 7.44. The van der Waals surface area contributed by atoms with Gasteiger partial charge in [0.2, 0.25) is 0 Å². The van der Waals surface area contributed by atoms with Crippen LogP contribution in [0.1, 0.15) is 17.9 Å². The second-order valence-electron chi connectivity index (χ2n) is 3.92. The van der Waals surface area contributed by atoms with Gasteiger partial charge in [0.25, 0.3) is 0 Å². The molecule has 2 unspecified atom stereocenters. The van der Waals surface area contributed by atoms with Gasteiger partial charge in [-0.3, -0.25) is 4.84 Å². The first-order valence-corrected chi connectivity index (χ1v) is 4.88. The minimum atomic E-state index is 0.477. The maximum atomic E-state index is 5.35. The number of hydrogen-bond acceptors (Lipinski definition) is 2. The van der Waals surface area contributed by atoms with Gasteiger partial charge in [-0.1, -0.05) is 30.3 Å². The second kappa shape index (κ2) is 2.82. The molecule has 1 aromatic carbocycles. The molecule has 2 heteroatoms. The van der Waals surface area contributed by atoms with Gasteiger partial charge in [0.05, 0.1) is 6.10 Å². The van der Waals surface area contributed by atoms with Crippen molar-refractivity contribution in [2.24, 2.45) is 5.92 Å². The van der Waals surface area contributed by atoms with Gasteiger partial charge >= 0.3 is 0 Å². The highest BCUT2D eigenvalue weighted by atomic mass is 16.7. The standard InChI is InChI=1S/C11H13NO/c1-2-4-8(5-3-1)9-6-11-10(9)7-12-13-11/h1-5,9-12H,6-7H2/t9?,10-,11?/m0/s1. The molecule has 1 aliphatic heterocycles. The van der Waals surface area contributed by atoms with E-state index in [9.17, 15) is 0 Å². The van der Waals surface area contributed by atoms with Crippen LogP contribution in [0, 0.1) is 5.92 Å². The van der Waals surface area contributed by atoms with Gasteiger partial charge in [-0.25, -0.2) is 5.48 Å². The Bertz CT molecular complexity index is 298. The van der Waals surface area contributed by atoms with E-state index in [0.29, 0.717) is 12.0 Å². The van der Waals surface area contributed by atoms with E-state index in [0.717, 1.165) is 12.5 Å². The molecule has 13 heavy (non-hydrogen) atoms. The lowest BCUT2D eigenvalue weighted by Crippen LogP contribution is -2.37. The molecule has 0 spiro atoms. The highest BCUT2D eigenvalue weighted by Crippen LogP contribution is 2.45. The molecule has 1 saturated heterocycles. The molecule has 2 aliphatic rings. The SMILES string of the molecule is c1ccc(C2CC3ONC[C@H]32)cc1. The van der Waals surface area contributed by atoms with E-state index in [1.54, 1.807) is 0 Å². The van der Waals surface area contributed by atoms with Crippen molar-refractivity contribution < 1.29 is 4.84 Å². The summed E-state index contributed by atoms with van der Waals surface area (Å²) < 4.78 is 0. The first kappa shape index (κ1) is 7.54. The maximum absolute atomic E-state index is 5.35. The number of hydrogen-bond donors (Lipinski definition) is 1. The highest BCUT2D eigenvalue weighted by Gasteiger charge is 2.46. The summed E-state index contributed by atoms with van der Waals surface area (Å²) in [7, 11) is 0. The van der Waals surface area contributed by atoms with Crippen LogP contribution < -0.4 is 5.48 Å². The quantitative estimate of drug-likeness (QED) is 0.701. The number of nitrogens with one attached hydrogen (secondary N) is 1. The van der Waals surface area contributed by atoms with E-state index >= 15 is 0 Å². The van der Waals surface area contributed by atoms with Gasteiger partial charge < -0.3 is 0 Å². The Morgan fingerprint density at radius 3 is 2.85 bits per heavy atom. The van der Waals surface area contributed by atoms with Crippen molar-refractivity contribution >= 4 is 0 Å². The Morgan fingerprint density at radius 2 is 2.08 bits per heavy atom. The fraction of sp³-hybridized carbons (Fsp3) is 0.455. The average molecular weight is 175 g/mol. The van der Waals surface area contributed by atoms with Crippen molar-refractivity contribution in [2.45, 2.75) is 18.4 Å². The third kappa shape index (κ3) is 1.10. The van der Waals surface area contributed by atoms with E-state index in [1.165, 1.54) is 12.0 Å². The Kier molecular flexibility index (Phi) is 1.64. The summed E-state index contributed by atoms with van der Waals surface area (Å²) in [6.45, 7) is 1.02. The maximum Gasteiger partial charge on any atom is 0.0843 e. The summed E-state index contributed by atoms with van der Waals surface area (Å²) in [6, 6.07) is 10.7. The normalized spacial score (nSPS) is 36.8. The van der Waals surface area contributed by atoms with Gasteiger partial charge in [-0.2, -0.15) is 0 Å². The van der Waals surface area contributed by atoms with Crippen LogP contribution in [0.3, 0.4) is 0 Å². The number of rotatable bonds is 1. The van der Waals surface area contributed by atoms with Crippen LogP contribution in [0.2, 0.25) is 0 Å². The van der Waals surface area contributed by atoms with Crippen LogP contribution >= 0.6 is 0 Å². The largest absolute Gasteiger partial charge is 0.298 e.